The molecular weight excluding hydrogens is 318 g/mol. The van der Waals surface area contributed by atoms with Crippen molar-refractivity contribution in [2.45, 2.75) is 19.5 Å². The van der Waals surface area contributed by atoms with E-state index in [9.17, 15) is 9.59 Å². The highest BCUT2D eigenvalue weighted by molar-refractivity contribution is 6.30. The zero-order valence-electron chi connectivity index (χ0n) is 13.0. The van der Waals surface area contributed by atoms with Crippen LogP contribution in [0.1, 0.15) is 29.0 Å². The summed E-state index contributed by atoms with van der Waals surface area (Å²) in [6.45, 7) is 2.49. The van der Waals surface area contributed by atoms with Crippen LogP contribution < -0.4 is 10.9 Å². The minimum absolute atomic E-state index is 0.176. The van der Waals surface area contributed by atoms with E-state index in [1.165, 1.54) is 23.9 Å². The van der Waals surface area contributed by atoms with Gasteiger partial charge in [0.2, 0.25) is 0 Å². The summed E-state index contributed by atoms with van der Waals surface area (Å²) in [5, 5.41) is 7.50. The van der Waals surface area contributed by atoms with E-state index in [-0.39, 0.29) is 23.2 Å². The quantitative estimate of drug-likeness (QED) is 0.876. The van der Waals surface area contributed by atoms with Crippen molar-refractivity contribution in [1.29, 1.82) is 0 Å². The van der Waals surface area contributed by atoms with Crippen LogP contribution in [0, 0.1) is 0 Å². The van der Waals surface area contributed by atoms with Crippen molar-refractivity contribution in [3.63, 3.8) is 0 Å². The largest absolute Gasteiger partial charge is 0.383 e. The number of hydrogen-bond donors (Lipinski definition) is 1. The molecule has 0 radical (unpaired) electrons. The van der Waals surface area contributed by atoms with Gasteiger partial charge in [0.05, 0.1) is 19.2 Å². The summed E-state index contributed by atoms with van der Waals surface area (Å²) in [6.07, 6.45) is 0. The number of nitrogens with zero attached hydrogens (tertiary/aromatic N) is 2. The molecule has 122 valence electrons. The molecule has 1 aromatic carbocycles. The summed E-state index contributed by atoms with van der Waals surface area (Å²) in [7, 11) is 1.54. The molecule has 1 atom stereocenters. The smallest absolute Gasteiger partial charge is 0.272 e. The Bertz CT molecular complexity index is 745. The fraction of sp³-hybridized carbons (Fsp3) is 0.312. The van der Waals surface area contributed by atoms with E-state index in [2.05, 4.69) is 10.4 Å². The Morgan fingerprint density at radius 3 is 2.87 bits per heavy atom. The van der Waals surface area contributed by atoms with Gasteiger partial charge in [0.15, 0.2) is 0 Å². The summed E-state index contributed by atoms with van der Waals surface area (Å²) in [5.41, 5.74) is 0.787. The van der Waals surface area contributed by atoms with Crippen molar-refractivity contribution in [3.05, 3.63) is 63.0 Å². The average Bonchev–Trinajstić information content (AvgIpc) is 2.54. The zero-order valence-corrected chi connectivity index (χ0v) is 13.7. The topological polar surface area (TPSA) is 73.2 Å². The van der Waals surface area contributed by atoms with Gasteiger partial charge in [-0.25, -0.2) is 4.68 Å². The van der Waals surface area contributed by atoms with Crippen LogP contribution >= 0.6 is 11.6 Å². The highest BCUT2D eigenvalue weighted by atomic mass is 35.5. The van der Waals surface area contributed by atoms with Crippen molar-refractivity contribution in [3.8, 4) is 0 Å². The molecule has 0 saturated heterocycles. The Morgan fingerprint density at radius 1 is 1.39 bits per heavy atom. The standard InChI is InChI=1S/C16H18ClN3O3/c1-11(12-4-3-5-13(17)10-12)18-16(22)14-6-7-15(21)20(19-14)8-9-23-2/h3-7,10-11H,8-9H2,1-2H3,(H,18,22)/t11-/m1/s1. The number of carbonyl (C=O) groups is 1. The van der Waals surface area contributed by atoms with E-state index >= 15 is 0 Å². The molecule has 2 aromatic rings. The molecule has 1 aromatic heterocycles. The van der Waals surface area contributed by atoms with E-state index in [1.54, 1.807) is 12.1 Å². The second-order valence-corrected chi connectivity index (χ2v) is 5.46. The molecule has 1 amide bonds. The average molecular weight is 336 g/mol. The Morgan fingerprint density at radius 2 is 2.17 bits per heavy atom. The van der Waals surface area contributed by atoms with Gasteiger partial charge in [-0.3, -0.25) is 9.59 Å². The van der Waals surface area contributed by atoms with Crippen molar-refractivity contribution < 1.29 is 9.53 Å². The molecule has 23 heavy (non-hydrogen) atoms. The monoisotopic (exact) mass is 335 g/mol. The first-order valence-electron chi connectivity index (χ1n) is 7.14. The first-order valence-corrected chi connectivity index (χ1v) is 7.52. The molecule has 1 N–H and O–H groups in total. The van der Waals surface area contributed by atoms with Crippen LogP contribution in [0.2, 0.25) is 5.02 Å². The van der Waals surface area contributed by atoms with E-state index in [0.29, 0.717) is 18.2 Å². The molecule has 0 aliphatic heterocycles. The van der Waals surface area contributed by atoms with Crippen LogP contribution in [-0.2, 0) is 11.3 Å². The number of ether oxygens (including phenoxy) is 1. The maximum atomic E-state index is 12.3. The third kappa shape index (κ3) is 4.64. The predicted octanol–water partition coefficient (Wildman–Crippen LogP) is 2.03. The number of rotatable bonds is 6. The van der Waals surface area contributed by atoms with Gasteiger partial charge < -0.3 is 10.1 Å². The van der Waals surface area contributed by atoms with Gasteiger partial charge in [0, 0.05) is 18.2 Å². The van der Waals surface area contributed by atoms with Crippen molar-refractivity contribution in [1.82, 2.24) is 15.1 Å². The number of aromatic nitrogens is 2. The fourth-order valence-electron chi connectivity index (χ4n) is 2.04. The van der Waals surface area contributed by atoms with E-state index < -0.39 is 0 Å². The lowest BCUT2D eigenvalue weighted by Crippen LogP contribution is -2.31. The van der Waals surface area contributed by atoms with Gasteiger partial charge in [-0.05, 0) is 30.7 Å². The number of nitrogens with one attached hydrogen (secondary N) is 1. The molecular formula is C16H18ClN3O3. The Kier molecular flexibility index (Phi) is 5.90. The lowest BCUT2D eigenvalue weighted by atomic mass is 10.1. The van der Waals surface area contributed by atoms with Gasteiger partial charge in [0.25, 0.3) is 11.5 Å². The minimum atomic E-state index is -0.358. The molecule has 0 spiro atoms. The van der Waals surface area contributed by atoms with Gasteiger partial charge in [0.1, 0.15) is 5.69 Å². The Hall–Kier alpha value is -2.18. The second kappa shape index (κ2) is 7.89. The fourth-order valence-corrected chi connectivity index (χ4v) is 2.24. The van der Waals surface area contributed by atoms with Gasteiger partial charge in [-0.2, -0.15) is 5.10 Å². The molecule has 7 heteroatoms. The van der Waals surface area contributed by atoms with Crippen LogP contribution in [0.25, 0.3) is 0 Å². The summed E-state index contributed by atoms with van der Waals surface area (Å²) >= 11 is 5.95. The SMILES string of the molecule is COCCn1nc(C(=O)N[C@H](C)c2cccc(Cl)c2)ccc1=O. The molecule has 0 bridgehead atoms. The summed E-state index contributed by atoms with van der Waals surface area (Å²) in [5.74, 6) is -0.358. The molecule has 0 aliphatic carbocycles. The van der Waals surface area contributed by atoms with Gasteiger partial charge >= 0.3 is 0 Å². The first-order chi connectivity index (χ1) is 11.0. The van der Waals surface area contributed by atoms with Crippen LogP contribution in [0.15, 0.2) is 41.2 Å². The lowest BCUT2D eigenvalue weighted by Gasteiger charge is -2.14. The highest BCUT2D eigenvalue weighted by Crippen LogP contribution is 2.17. The van der Waals surface area contributed by atoms with Crippen LogP contribution in [0.3, 0.4) is 0 Å². The maximum absolute atomic E-state index is 12.3. The summed E-state index contributed by atoms with van der Waals surface area (Å²) in [4.78, 5) is 24.0. The molecule has 1 heterocycles. The van der Waals surface area contributed by atoms with E-state index in [0.717, 1.165) is 5.56 Å². The number of carbonyl (C=O) groups excluding carboxylic acids is 1. The molecule has 0 fully saturated rings. The lowest BCUT2D eigenvalue weighted by molar-refractivity contribution is 0.0931. The third-order valence-electron chi connectivity index (χ3n) is 3.30. The van der Waals surface area contributed by atoms with Gasteiger partial charge in [-0.15, -0.1) is 0 Å². The summed E-state index contributed by atoms with van der Waals surface area (Å²) < 4.78 is 6.13. The van der Waals surface area contributed by atoms with Crippen molar-refractivity contribution >= 4 is 17.5 Å². The van der Waals surface area contributed by atoms with Crippen molar-refractivity contribution in [2.24, 2.45) is 0 Å². The molecule has 6 nitrogen and oxygen atoms in total. The molecule has 0 aliphatic rings. The third-order valence-corrected chi connectivity index (χ3v) is 3.54. The Balaban J connectivity index is 2.12. The van der Waals surface area contributed by atoms with E-state index in [4.69, 9.17) is 16.3 Å². The predicted molar refractivity (Wildman–Crippen MR) is 87.7 cm³/mol. The number of methoxy groups -OCH3 is 1. The molecule has 2 rings (SSSR count). The highest BCUT2D eigenvalue weighted by Gasteiger charge is 2.14. The first kappa shape index (κ1) is 17.2. The minimum Gasteiger partial charge on any atom is -0.383 e. The number of amides is 1. The Labute approximate surface area is 139 Å². The van der Waals surface area contributed by atoms with Crippen molar-refractivity contribution in [2.75, 3.05) is 13.7 Å². The van der Waals surface area contributed by atoms with Crippen LogP contribution in [-0.4, -0.2) is 29.4 Å². The van der Waals surface area contributed by atoms with E-state index in [1.807, 2.05) is 19.1 Å². The number of halogens is 1. The zero-order chi connectivity index (χ0) is 16.8. The van der Waals surface area contributed by atoms with Gasteiger partial charge in [-0.1, -0.05) is 23.7 Å². The summed E-state index contributed by atoms with van der Waals surface area (Å²) in [6, 6.07) is 9.76. The second-order valence-electron chi connectivity index (χ2n) is 5.02. The van der Waals surface area contributed by atoms with Crippen LogP contribution in [0.4, 0.5) is 0 Å². The maximum Gasteiger partial charge on any atom is 0.272 e. The number of hydrogen-bond acceptors (Lipinski definition) is 4. The number of benzene rings is 1. The van der Waals surface area contributed by atoms with Crippen LogP contribution in [0.5, 0.6) is 0 Å². The normalized spacial score (nSPS) is 12.0. The molecule has 0 unspecified atom stereocenters. The molecule has 0 saturated carbocycles.